The van der Waals surface area contributed by atoms with Crippen molar-refractivity contribution in [2.45, 2.75) is 45.1 Å². The number of carbonyl (C=O) groups is 1. The minimum atomic E-state index is -0.648. The molecule has 0 unspecified atom stereocenters. The Morgan fingerprint density at radius 2 is 2.12 bits per heavy atom. The Labute approximate surface area is 96.9 Å². The Morgan fingerprint density at radius 1 is 1.50 bits per heavy atom. The summed E-state index contributed by atoms with van der Waals surface area (Å²) < 4.78 is 1.93. The fraction of sp³-hybridized carbons (Fsp3) is 0.667. The molecular weight excluding hydrogens is 202 g/mol. The highest BCUT2D eigenvalue weighted by Gasteiger charge is 2.29. The van der Waals surface area contributed by atoms with Gasteiger partial charge in [-0.3, -0.25) is 4.79 Å². The maximum atomic E-state index is 12.0. The van der Waals surface area contributed by atoms with E-state index in [0.29, 0.717) is 25.7 Å². The standard InChI is InChI=1S/C12H21N3O/c1-4-12(13,5-2)10(16)6-7-11-14-8-9-15(11)3/h8-9H,4-7,13H2,1-3H3. The lowest BCUT2D eigenvalue weighted by Crippen LogP contribution is -2.46. The fourth-order valence-corrected chi connectivity index (χ4v) is 1.76. The molecule has 2 N–H and O–H groups in total. The lowest BCUT2D eigenvalue weighted by Gasteiger charge is -2.24. The van der Waals surface area contributed by atoms with Crippen LogP contribution in [0.3, 0.4) is 0 Å². The first kappa shape index (κ1) is 12.9. The van der Waals surface area contributed by atoms with Gasteiger partial charge < -0.3 is 10.3 Å². The number of rotatable bonds is 6. The summed E-state index contributed by atoms with van der Waals surface area (Å²) in [5.41, 5.74) is 5.39. The smallest absolute Gasteiger partial charge is 0.153 e. The van der Waals surface area contributed by atoms with E-state index in [4.69, 9.17) is 5.73 Å². The van der Waals surface area contributed by atoms with E-state index in [0.717, 1.165) is 5.82 Å². The van der Waals surface area contributed by atoms with Crippen LogP contribution in [-0.2, 0) is 18.3 Å². The van der Waals surface area contributed by atoms with Crippen LogP contribution in [0.15, 0.2) is 12.4 Å². The molecule has 1 heterocycles. The molecule has 0 saturated carbocycles. The number of nitrogens with zero attached hydrogens (tertiary/aromatic N) is 2. The predicted molar refractivity (Wildman–Crippen MR) is 64.0 cm³/mol. The molecule has 0 fully saturated rings. The van der Waals surface area contributed by atoms with Crippen molar-refractivity contribution >= 4 is 5.78 Å². The van der Waals surface area contributed by atoms with Crippen LogP contribution >= 0.6 is 0 Å². The van der Waals surface area contributed by atoms with E-state index in [1.165, 1.54) is 0 Å². The number of aromatic nitrogens is 2. The van der Waals surface area contributed by atoms with Crippen molar-refractivity contribution in [3.8, 4) is 0 Å². The molecule has 4 nitrogen and oxygen atoms in total. The second kappa shape index (κ2) is 5.25. The number of carbonyl (C=O) groups excluding carboxylic acids is 1. The van der Waals surface area contributed by atoms with Crippen LogP contribution in [0, 0.1) is 0 Å². The van der Waals surface area contributed by atoms with Gasteiger partial charge in [-0.2, -0.15) is 0 Å². The van der Waals surface area contributed by atoms with Crippen LogP contribution < -0.4 is 5.73 Å². The molecule has 4 heteroatoms. The summed E-state index contributed by atoms with van der Waals surface area (Å²) in [6.07, 6.45) is 6.17. The average molecular weight is 223 g/mol. The molecular formula is C12H21N3O. The van der Waals surface area contributed by atoms with E-state index in [2.05, 4.69) is 4.98 Å². The van der Waals surface area contributed by atoms with E-state index in [1.807, 2.05) is 31.7 Å². The molecule has 1 aromatic heterocycles. The predicted octanol–water partition coefficient (Wildman–Crippen LogP) is 1.44. The molecule has 0 aliphatic carbocycles. The SMILES string of the molecule is CCC(N)(CC)C(=O)CCc1nccn1C. The van der Waals surface area contributed by atoms with E-state index < -0.39 is 5.54 Å². The van der Waals surface area contributed by atoms with Crippen molar-refractivity contribution in [2.24, 2.45) is 12.8 Å². The van der Waals surface area contributed by atoms with Gasteiger partial charge in [0.1, 0.15) is 5.82 Å². The second-order valence-electron chi connectivity index (χ2n) is 4.24. The van der Waals surface area contributed by atoms with Crippen molar-refractivity contribution in [1.29, 1.82) is 0 Å². The van der Waals surface area contributed by atoms with Gasteiger partial charge >= 0.3 is 0 Å². The Hall–Kier alpha value is -1.16. The third-order valence-corrected chi connectivity index (χ3v) is 3.31. The van der Waals surface area contributed by atoms with Gasteiger partial charge in [-0.1, -0.05) is 13.8 Å². The molecule has 90 valence electrons. The van der Waals surface area contributed by atoms with Crippen molar-refractivity contribution in [3.05, 3.63) is 18.2 Å². The van der Waals surface area contributed by atoms with Crippen LogP contribution in [0.2, 0.25) is 0 Å². The first-order chi connectivity index (χ1) is 7.53. The summed E-state index contributed by atoms with van der Waals surface area (Å²) in [5.74, 6) is 1.07. The quantitative estimate of drug-likeness (QED) is 0.793. The molecule has 16 heavy (non-hydrogen) atoms. The number of hydrogen-bond donors (Lipinski definition) is 1. The molecule has 0 amide bonds. The molecule has 1 rings (SSSR count). The van der Waals surface area contributed by atoms with Gasteiger partial charge in [0, 0.05) is 32.3 Å². The number of hydrogen-bond acceptors (Lipinski definition) is 3. The van der Waals surface area contributed by atoms with Crippen molar-refractivity contribution < 1.29 is 4.79 Å². The van der Waals surface area contributed by atoms with Gasteiger partial charge in [-0.25, -0.2) is 4.98 Å². The summed E-state index contributed by atoms with van der Waals surface area (Å²) >= 11 is 0. The number of aryl methyl sites for hydroxylation is 2. The Bertz CT molecular complexity index is 353. The molecule has 0 radical (unpaired) electrons. The van der Waals surface area contributed by atoms with Crippen LogP contribution in [0.4, 0.5) is 0 Å². The third-order valence-electron chi connectivity index (χ3n) is 3.31. The van der Waals surface area contributed by atoms with Crippen LogP contribution in [0.5, 0.6) is 0 Å². The Kier molecular flexibility index (Phi) is 4.24. The summed E-state index contributed by atoms with van der Waals surface area (Å²) in [6.45, 7) is 3.92. The maximum Gasteiger partial charge on any atom is 0.153 e. The number of nitrogens with two attached hydrogens (primary N) is 1. The highest BCUT2D eigenvalue weighted by Crippen LogP contribution is 2.15. The van der Waals surface area contributed by atoms with E-state index >= 15 is 0 Å². The topological polar surface area (TPSA) is 60.9 Å². The van der Waals surface area contributed by atoms with Crippen molar-refractivity contribution in [3.63, 3.8) is 0 Å². The summed E-state index contributed by atoms with van der Waals surface area (Å²) in [5, 5.41) is 0. The second-order valence-corrected chi connectivity index (χ2v) is 4.24. The Morgan fingerprint density at radius 3 is 2.56 bits per heavy atom. The molecule has 0 bridgehead atoms. The van der Waals surface area contributed by atoms with E-state index in [9.17, 15) is 4.79 Å². The highest BCUT2D eigenvalue weighted by atomic mass is 16.1. The van der Waals surface area contributed by atoms with Crippen LogP contribution in [0.25, 0.3) is 0 Å². The van der Waals surface area contributed by atoms with Gasteiger partial charge in [-0.15, -0.1) is 0 Å². The molecule has 0 aromatic carbocycles. The first-order valence-electron chi connectivity index (χ1n) is 5.82. The van der Waals surface area contributed by atoms with Gasteiger partial charge in [0.25, 0.3) is 0 Å². The Balaban J connectivity index is 2.56. The van der Waals surface area contributed by atoms with Crippen LogP contribution in [0.1, 0.15) is 38.9 Å². The maximum absolute atomic E-state index is 12.0. The normalized spacial score (nSPS) is 11.8. The van der Waals surface area contributed by atoms with Gasteiger partial charge in [-0.05, 0) is 12.8 Å². The number of Topliss-reactive ketones (excluding diaryl/α,β-unsaturated/α-hetero) is 1. The zero-order chi connectivity index (χ0) is 12.2. The number of imidazole rings is 1. The lowest BCUT2D eigenvalue weighted by atomic mass is 9.87. The fourth-order valence-electron chi connectivity index (χ4n) is 1.76. The molecule has 1 aromatic rings. The molecule has 0 spiro atoms. The molecule has 0 aliphatic heterocycles. The molecule has 0 aliphatic rings. The zero-order valence-corrected chi connectivity index (χ0v) is 10.4. The summed E-state index contributed by atoms with van der Waals surface area (Å²) in [7, 11) is 1.93. The van der Waals surface area contributed by atoms with Gasteiger partial charge in [0.05, 0.1) is 5.54 Å². The molecule has 0 atom stereocenters. The first-order valence-corrected chi connectivity index (χ1v) is 5.82. The van der Waals surface area contributed by atoms with Gasteiger partial charge in [0.2, 0.25) is 0 Å². The van der Waals surface area contributed by atoms with Crippen molar-refractivity contribution in [1.82, 2.24) is 9.55 Å². The average Bonchev–Trinajstić information content (AvgIpc) is 2.70. The highest BCUT2D eigenvalue weighted by molar-refractivity contribution is 5.88. The summed E-state index contributed by atoms with van der Waals surface area (Å²) in [4.78, 5) is 16.2. The third kappa shape index (κ3) is 2.70. The largest absolute Gasteiger partial charge is 0.338 e. The number of ketones is 1. The molecule has 0 saturated heterocycles. The minimum absolute atomic E-state index is 0.139. The van der Waals surface area contributed by atoms with Gasteiger partial charge in [0.15, 0.2) is 5.78 Å². The van der Waals surface area contributed by atoms with Crippen LogP contribution in [-0.4, -0.2) is 20.9 Å². The monoisotopic (exact) mass is 223 g/mol. The summed E-state index contributed by atoms with van der Waals surface area (Å²) in [6, 6.07) is 0. The van der Waals surface area contributed by atoms with E-state index in [1.54, 1.807) is 6.20 Å². The van der Waals surface area contributed by atoms with E-state index in [-0.39, 0.29) is 5.78 Å². The zero-order valence-electron chi connectivity index (χ0n) is 10.4. The van der Waals surface area contributed by atoms with Crippen molar-refractivity contribution in [2.75, 3.05) is 0 Å². The lowest BCUT2D eigenvalue weighted by molar-refractivity contribution is -0.124. The minimum Gasteiger partial charge on any atom is -0.338 e.